The van der Waals surface area contributed by atoms with Gasteiger partial charge in [-0.15, -0.1) is 35.1 Å². The molecule has 164 valence electrons. The van der Waals surface area contributed by atoms with Crippen molar-refractivity contribution in [2.45, 2.75) is 66.1 Å². The third kappa shape index (κ3) is 6.07. The smallest absolute Gasteiger partial charge is 0.282 e. The van der Waals surface area contributed by atoms with Gasteiger partial charge in [-0.2, -0.15) is 8.42 Å². The van der Waals surface area contributed by atoms with Crippen molar-refractivity contribution in [1.82, 2.24) is 0 Å². The van der Waals surface area contributed by atoms with E-state index in [0.29, 0.717) is 15.0 Å². The third-order valence-corrected chi connectivity index (χ3v) is 11.7. The van der Waals surface area contributed by atoms with Crippen LogP contribution in [-0.4, -0.2) is 24.5 Å². The monoisotopic (exact) mass is 678 g/mol. The molecule has 2 aromatic rings. The summed E-state index contributed by atoms with van der Waals surface area (Å²) in [6.45, 7) is 0. The van der Waals surface area contributed by atoms with Crippen LogP contribution >= 0.6 is 85.4 Å². The van der Waals surface area contributed by atoms with Crippen LogP contribution in [0.15, 0.2) is 54.8 Å². The first-order valence-corrected chi connectivity index (χ1v) is 16.1. The van der Waals surface area contributed by atoms with Crippen LogP contribution in [0.5, 0.6) is 0 Å². The highest BCUT2D eigenvalue weighted by atomic mass is 127. The summed E-state index contributed by atoms with van der Waals surface area (Å²) in [5.41, 5.74) is 0.848. The Kier molecular flexibility index (Phi) is 9.66. The molecule has 1 fully saturated rings. The van der Waals surface area contributed by atoms with Crippen LogP contribution in [0.25, 0.3) is 0 Å². The quantitative estimate of drug-likeness (QED) is 0.137. The van der Waals surface area contributed by atoms with E-state index >= 15 is 0 Å². The highest BCUT2D eigenvalue weighted by Crippen LogP contribution is 2.52. The summed E-state index contributed by atoms with van der Waals surface area (Å²) >= 11 is 16.6. The second-order valence-corrected chi connectivity index (χ2v) is 14.3. The first kappa shape index (κ1) is 25.5. The Morgan fingerprint density at radius 3 is 2.30 bits per heavy atom. The van der Waals surface area contributed by atoms with E-state index in [4.69, 9.17) is 11.6 Å². The Morgan fingerprint density at radius 2 is 1.77 bits per heavy atom. The molecule has 10 heteroatoms. The van der Waals surface area contributed by atoms with Crippen LogP contribution in [0.4, 0.5) is 0 Å². The molecule has 30 heavy (non-hydrogen) atoms. The minimum absolute atomic E-state index is 0.0157. The van der Waals surface area contributed by atoms with Crippen molar-refractivity contribution in [3.8, 4) is 0 Å². The summed E-state index contributed by atoms with van der Waals surface area (Å²) in [4.78, 5) is 2.92. The highest BCUT2D eigenvalue weighted by Gasteiger charge is 2.33. The van der Waals surface area contributed by atoms with Crippen molar-refractivity contribution < 1.29 is 13.0 Å². The lowest BCUT2D eigenvalue weighted by Crippen LogP contribution is -2.13. The largest absolute Gasteiger partial charge is 0.296 e. The van der Waals surface area contributed by atoms with E-state index < -0.39 is 14.4 Å². The maximum atomic E-state index is 12.6. The minimum Gasteiger partial charge on any atom is -0.282 e. The van der Waals surface area contributed by atoms with Gasteiger partial charge in [0.2, 0.25) is 0 Å². The number of halogens is 3. The number of thioether (sulfide) groups is 2. The zero-order valence-corrected chi connectivity index (χ0v) is 23.9. The molecule has 0 bridgehead atoms. The van der Waals surface area contributed by atoms with E-state index in [1.54, 1.807) is 11.8 Å². The van der Waals surface area contributed by atoms with Crippen LogP contribution in [0.2, 0.25) is 0 Å². The van der Waals surface area contributed by atoms with Crippen LogP contribution in [0.3, 0.4) is 0 Å². The first-order chi connectivity index (χ1) is 14.2. The number of rotatable bonds is 7. The maximum absolute atomic E-state index is 12.6. The molecule has 1 aliphatic carbocycles. The van der Waals surface area contributed by atoms with Crippen LogP contribution < -0.4 is 0 Å². The van der Waals surface area contributed by atoms with Gasteiger partial charge in [-0.1, -0.05) is 65.2 Å². The highest BCUT2D eigenvalue weighted by molar-refractivity contribution is 14.1. The Labute approximate surface area is 218 Å². The van der Waals surface area contributed by atoms with Gasteiger partial charge < -0.3 is 0 Å². The van der Waals surface area contributed by atoms with Crippen molar-refractivity contribution in [2.24, 2.45) is 0 Å². The van der Waals surface area contributed by atoms with Gasteiger partial charge in [0.05, 0.1) is 0 Å². The van der Waals surface area contributed by atoms with Gasteiger partial charge in [0, 0.05) is 34.0 Å². The van der Waals surface area contributed by atoms with Crippen molar-refractivity contribution in [3.05, 3.63) is 39.5 Å². The Balaban J connectivity index is 2.25. The Hall–Kier alpha value is 0.900. The summed E-state index contributed by atoms with van der Waals surface area (Å²) in [6.07, 6.45) is 7.45. The predicted octanol–water partition coefficient (Wildman–Crippen LogP) is 8.47. The molecule has 1 N–H and O–H groups in total. The molecule has 2 aromatic carbocycles. The average molecular weight is 680 g/mol. The van der Waals surface area contributed by atoms with Crippen molar-refractivity contribution in [2.75, 3.05) is 6.26 Å². The number of hydrogen-bond donors (Lipinski definition) is 1. The molecule has 1 aliphatic rings. The van der Waals surface area contributed by atoms with Crippen LogP contribution in [-0.2, 0) is 10.1 Å². The summed E-state index contributed by atoms with van der Waals surface area (Å²) in [5, 5.41) is 0.340. The van der Waals surface area contributed by atoms with E-state index in [1.807, 2.05) is 36.6 Å². The van der Waals surface area contributed by atoms with E-state index in [-0.39, 0.29) is 4.90 Å². The molecule has 3 nitrogen and oxygen atoms in total. The second kappa shape index (κ2) is 11.4. The van der Waals surface area contributed by atoms with Gasteiger partial charge in [-0.3, -0.25) is 4.55 Å². The van der Waals surface area contributed by atoms with E-state index in [9.17, 15) is 13.0 Å². The topological polar surface area (TPSA) is 54.4 Å². The van der Waals surface area contributed by atoms with Gasteiger partial charge in [0.1, 0.15) is 9.18 Å². The molecule has 3 rings (SSSR count). The molecule has 0 spiro atoms. The van der Waals surface area contributed by atoms with Gasteiger partial charge >= 0.3 is 0 Å². The summed E-state index contributed by atoms with van der Waals surface area (Å²) in [7, 11) is -4.42. The maximum Gasteiger partial charge on any atom is 0.296 e. The van der Waals surface area contributed by atoms with Crippen LogP contribution in [0, 0.1) is 3.57 Å². The molecule has 0 amide bonds. The lowest BCUT2D eigenvalue weighted by molar-refractivity contribution is 0.477. The zero-order valence-electron chi connectivity index (χ0n) is 16.1. The molecule has 0 heterocycles. The normalized spacial score (nSPS) is 16.6. The number of alkyl halides is 2. The van der Waals surface area contributed by atoms with Gasteiger partial charge in [0.15, 0.2) is 0 Å². The average Bonchev–Trinajstić information content (AvgIpc) is 2.70. The Morgan fingerprint density at radius 1 is 1.13 bits per heavy atom. The number of benzene rings is 2. The molecule has 0 saturated heterocycles. The van der Waals surface area contributed by atoms with E-state index in [2.05, 4.69) is 38.5 Å². The molecular weight excluding hydrogens is 659 g/mol. The Bertz CT molecular complexity index is 997. The summed E-state index contributed by atoms with van der Waals surface area (Å²) < 4.78 is 35.7. The van der Waals surface area contributed by atoms with Gasteiger partial charge in [-0.25, -0.2) is 0 Å². The van der Waals surface area contributed by atoms with Gasteiger partial charge in [0.25, 0.3) is 10.1 Å². The lowest BCUT2D eigenvalue weighted by atomic mass is 10.0. The molecule has 1 saturated carbocycles. The van der Waals surface area contributed by atoms with E-state index in [1.165, 1.54) is 29.9 Å². The molecular formula is C20H21BrClIO3S4. The second-order valence-electron chi connectivity index (χ2n) is 6.82. The molecule has 0 aliphatic heterocycles. The third-order valence-electron chi connectivity index (χ3n) is 4.78. The molecule has 0 aromatic heterocycles. The fourth-order valence-corrected chi connectivity index (χ4v) is 11.7. The lowest BCUT2D eigenvalue weighted by Gasteiger charge is -2.26. The fourth-order valence-electron chi connectivity index (χ4n) is 3.43. The first-order valence-electron chi connectivity index (χ1n) is 9.32. The zero-order chi connectivity index (χ0) is 21.9. The van der Waals surface area contributed by atoms with Crippen molar-refractivity contribution >= 4 is 95.5 Å². The van der Waals surface area contributed by atoms with Crippen molar-refractivity contribution in [1.29, 1.82) is 0 Å². The number of hydrogen-bond acceptors (Lipinski definition) is 5. The molecule has 1 unspecified atom stereocenters. The minimum atomic E-state index is -4.42. The standard InChI is InChI=1S/C20H21BrClIO3S4/c1-27-18-16(28-12-8-4-2-5-9-12)14(20(21)22)15(23)17(19(18)30(24,25)26)29-13-10-6-3-7-11-13/h2,4-5,8-9,13,20H,3,6-7,10-11H2,1H3,(H,24,25,26). The summed E-state index contributed by atoms with van der Waals surface area (Å²) in [6, 6.07) is 9.76. The summed E-state index contributed by atoms with van der Waals surface area (Å²) in [5.74, 6) is 0. The molecule has 1 atom stereocenters. The fraction of sp³-hybridized carbons (Fsp3) is 0.400. The SMILES string of the molecule is CSc1c(Sc2ccccc2)c(C(Cl)Br)c(I)c(SC2CCCCC2)c1S(=O)(=O)O. The van der Waals surface area contributed by atoms with Gasteiger partial charge in [-0.05, 0) is 53.8 Å². The predicted molar refractivity (Wildman–Crippen MR) is 142 cm³/mol. The van der Waals surface area contributed by atoms with Crippen molar-refractivity contribution in [3.63, 3.8) is 0 Å². The van der Waals surface area contributed by atoms with Crippen LogP contribution in [0.1, 0.15) is 42.0 Å². The van der Waals surface area contributed by atoms with E-state index in [0.717, 1.165) is 44.6 Å². The molecule has 0 radical (unpaired) electrons.